The molecule has 2 fully saturated rings. The van der Waals surface area contributed by atoms with E-state index in [1.165, 1.54) is 11.1 Å². The number of likely N-dealkylation sites (tertiary alicyclic amines) is 1. The first-order chi connectivity index (χ1) is 14.0. The minimum absolute atomic E-state index is 0.109. The number of piperidine rings is 1. The fourth-order valence-corrected chi connectivity index (χ4v) is 6.93. The number of likely N-dealkylation sites (N-methyl/N-ethyl adjacent to an activating group) is 1. The predicted octanol–water partition coefficient (Wildman–Crippen LogP) is 4.09. The molecule has 1 saturated heterocycles. The van der Waals surface area contributed by atoms with Crippen LogP contribution in [0.3, 0.4) is 0 Å². The van der Waals surface area contributed by atoms with Crippen LogP contribution in [0.4, 0.5) is 0 Å². The van der Waals surface area contributed by atoms with E-state index in [2.05, 4.69) is 46.1 Å². The maximum absolute atomic E-state index is 13.8. The van der Waals surface area contributed by atoms with E-state index in [-0.39, 0.29) is 17.1 Å². The quantitative estimate of drug-likeness (QED) is 0.686. The lowest BCUT2D eigenvalue weighted by molar-refractivity contribution is -0.140. The molecule has 2 aromatic carbocycles. The first-order valence-corrected chi connectivity index (χ1v) is 11.2. The minimum Gasteiger partial charge on any atom is -0.493 e. The summed E-state index contributed by atoms with van der Waals surface area (Å²) in [5, 5.41) is 0. The van der Waals surface area contributed by atoms with Gasteiger partial charge in [-0.25, -0.2) is 0 Å². The molecule has 2 bridgehead atoms. The number of nitrogens with zero attached hydrogens (tertiary/aromatic N) is 1. The fourth-order valence-electron chi connectivity index (χ4n) is 6.67. The summed E-state index contributed by atoms with van der Waals surface area (Å²) in [6, 6.07) is 12.9. The van der Waals surface area contributed by atoms with E-state index in [0.29, 0.717) is 12.0 Å². The fraction of sp³-hybridized carbons (Fsp3) is 0.458. The molecular formula is C24H24BrNO3. The maximum atomic E-state index is 13.8. The molecule has 29 heavy (non-hydrogen) atoms. The van der Waals surface area contributed by atoms with Gasteiger partial charge in [0.1, 0.15) is 0 Å². The lowest BCUT2D eigenvalue weighted by atomic mass is 9.49. The van der Waals surface area contributed by atoms with Crippen LogP contribution in [0.1, 0.15) is 35.4 Å². The maximum Gasteiger partial charge on any atom is 0.181 e. The number of hydrogen-bond donors (Lipinski definition) is 0. The van der Waals surface area contributed by atoms with Gasteiger partial charge in [0.05, 0.1) is 7.11 Å². The molecule has 5 heteroatoms. The Balaban J connectivity index is 1.54. The average molecular weight is 454 g/mol. The van der Waals surface area contributed by atoms with Gasteiger partial charge in [0.25, 0.3) is 0 Å². The van der Waals surface area contributed by atoms with Crippen LogP contribution in [0.15, 0.2) is 40.9 Å². The number of halogens is 1. The third-order valence-corrected chi connectivity index (χ3v) is 8.49. The zero-order valence-electron chi connectivity index (χ0n) is 16.7. The molecule has 150 valence electrons. The van der Waals surface area contributed by atoms with Crippen LogP contribution in [-0.4, -0.2) is 43.5 Å². The SMILES string of the molecule is COc1ccc2c3c1O[C@H]1C(=O)[C@@H](c4ccc(Br)cc4)CC4[C@@H](C2)N(C)CC[C@@]341. The second-order valence-corrected chi connectivity index (χ2v) is 9.94. The summed E-state index contributed by atoms with van der Waals surface area (Å²) in [6.07, 6.45) is 2.48. The van der Waals surface area contributed by atoms with Crippen molar-refractivity contribution in [2.45, 2.75) is 42.7 Å². The van der Waals surface area contributed by atoms with E-state index >= 15 is 0 Å². The van der Waals surface area contributed by atoms with Gasteiger partial charge in [-0.05, 0) is 68.1 Å². The molecule has 1 saturated carbocycles. The predicted molar refractivity (Wildman–Crippen MR) is 114 cm³/mol. The van der Waals surface area contributed by atoms with Crippen LogP contribution in [0.5, 0.6) is 11.5 Å². The number of rotatable bonds is 2. The number of ether oxygens (including phenoxy) is 2. The van der Waals surface area contributed by atoms with Gasteiger partial charge in [0.15, 0.2) is 23.4 Å². The molecule has 1 spiro atoms. The van der Waals surface area contributed by atoms with Gasteiger partial charge in [-0.2, -0.15) is 0 Å². The number of Topliss-reactive ketones (excluding diaryl/α,β-unsaturated/α-hetero) is 1. The Labute approximate surface area is 179 Å². The van der Waals surface area contributed by atoms with E-state index in [0.717, 1.165) is 47.3 Å². The summed E-state index contributed by atoms with van der Waals surface area (Å²) in [7, 11) is 3.92. The molecule has 0 N–H and O–H groups in total. The van der Waals surface area contributed by atoms with Gasteiger partial charge in [-0.3, -0.25) is 4.79 Å². The molecular weight excluding hydrogens is 430 g/mol. The highest BCUT2D eigenvalue weighted by atomic mass is 79.9. The standard InChI is InChI=1S/C24H24BrNO3/c1-26-10-9-24-17-12-16(13-3-6-15(25)7-4-13)21(27)23(24)29-22-19(28-2)8-5-14(20(22)24)11-18(17)26/h3-8,16-18,23H,9-12H2,1-2H3/t16-,17?,18-,23+,24+/m1/s1. The Morgan fingerprint density at radius 2 is 2.00 bits per heavy atom. The number of carbonyl (C=O) groups is 1. The second kappa shape index (κ2) is 6.08. The van der Waals surface area contributed by atoms with Crippen molar-refractivity contribution in [3.63, 3.8) is 0 Å². The molecule has 0 amide bonds. The summed E-state index contributed by atoms with van der Waals surface area (Å²) in [5.41, 5.74) is 3.52. The van der Waals surface area contributed by atoms with Gasteiger partial charge in [-0.15, -0.1) is 0 Å². The summed E-state index contributed by atoms with van der Waals surface area (Å²) in [6.45, 7) is 1.01. The molecule has 2 aliphatic carbocycles. The Morgan fingerprint density at radius 1 is 1.21 bits per heavy atom. The van der Waals surface area contributed by atoms with Crippen LogP contribution in [0.2, 0.25) is 0 Å². The van der Waals surface area contributed by atoms with E-state index < -0.39 is 6.10 Å². The highest BCUT2D eigenvalue weighted by Crippen LogP contribution is 2.64. The van der Waals surface area contributed by atoms with Crippen molar-refractivity contribution in [3.8, 4) is 11.5 Å². The number of ketones is 1. The Kier molecular flexibility index (Phi) is 3.77. The molecule has 1 unspecified atom stereocenters. The third kappa shape index (κ3) is 2.21. The summed E-state index contributed by atoms with van der Waals surface area (Å²) < 4.78 is 13.2. The second-order valence-electron chi connectivity index (χ2n) is 9.02. The van der Waals surface area contributed by atoms with Gasteiger partial charge >= 0.3 is 0 Å². The van der Waals surface area contributed by atoms with Crippen LogP contribution < -0.4 is 9.47 Å². The Hall–Kier alpha value is -1.85. The molecule has 2 aromatic rings. The van der Waals surface area contributed by atoms with Crippen molar-refractivity contribution in [2.24, 2.45) is 5.92 Å². The minimum atomic E-state index is -0.406. The zero-order chi connectivity index (χ0) is 19.9. The number of hydrogen-bond acceptors (Lipinski definition) is 4. The molecule has 0 aromatic heterocycles. The van der Waals surface area contributed by atoms with Crippen LogP contribution in [0, 0.1) is 5.92 Å². The number of carbonyl (C=O) groups excluding carboxylic acids is 1. The highest BCUT2D eigenvalue weighted by Gasteiger charge is 2.67. The van der Waals surface area contributed by atoms with Gasteiger partial charge < -0.3 is 14.4 Å². The first-order valence-electron chi connectivity index (χ1n) is 10.4. The molecule has 2 aliphatic heterocycles. The van der Waals surface area contributed by atoms with E-state index in [1.807, 2.05) is 18.2 Å². The van der Waals surface area contributed by atoms with Crippen LogP contribution in [-0.2, 0) is 16.6 Å². The monoisotopic (exact) mass is 453 g/mol. The molecule has 5 atom stereocenters. The summed E-state index contributed by atoms with van der Waals surface area (Å²) in [5.74, 6) is 2.13. The topological polar surface area (TPSA) is 38.8 Å². The average Bonchev–Trinajstić information content (AvgIpc) is 3.08. The van der Waals surface area contributed by atoms with Crippen molar-refractivity contribution in [2.75, 3.05) is 20.7 Å². The van der Waals surface area contributed by atoms with Crippen LogP contribution in [0.25, 0.3) is 0 Å². The summed E-state index contributed by atoms with van der Waals surface area (Å²) >= 11 is 3.51. The van der Waals surface area contributed by atoms with E-state index in [4.69, 9.17) is 9.47 Å². The van der Waals surface area contributed by atoms with E-state index in [9.17, 15) is 4.79 Å². The molecule has 2 heterocycles. The first kappa shape index (κ1) is 18.0. The van der Waals surface area contributed by atoms with Crippen molar-refractivity contribution < 1.29 is 14.3 Å². The number of methoxy groups -OCH3 is 1. The summed E-state index contributed by atoms with van der Waals surface area (Å²) in [4.78, 5) is 16.3. The van der Waals surface area contributed by atoms with Crippen LogP contribution >= 0.6 is 15.9 Å². The van der Waals surface area contributed by atoms with Crippen molar-refractivity contribution >= 4 is 21.7 Å². The Morgan fingerprint density at radius 3 is 2.76 bits per heavy atom. The molecule has 4 nitrogen and oxygen atoms in total. The van der Waals surface area contributed by atoms with Crippen molar-refractivity contribution in [3.05, 3.63) is 57.6 Å². The zero-order valence-corrected chi connectivity index (χ0v) is 18.2. The molecule has 6 rings (SSSR count). The van der Waals surface area contributed by atoms with Gasteiger partial charge in [-0.1, -0.05) is 34.1 Å². The highest BCUT2D eigenvalue weighted by molar-refractivity contribution is 9.10. The van der Waals surface area contributed by atoms with Gasteiger partial charge in [0, 0.05) is 27.4 Å². The van der Waals surface area contributed by atoms with Crippen molar-refractivity contribution in [1.82, 2.24) is 4.90 Å². The molecule has 4 aliphatic rings. The smallest absolute Gasteiger partial charge is 0.181 e. The van der Waals surface area contributed by atoms with E-state index in [1.54, 1.807) is 7.11 Å². The normalized spacial score (nSPS) is 34.5. The lowest BCUT2D eigenvalue weighted by Gasteiger charge is -2.58. The third-order valence-electron chi connectivity index (χ3n) is 7.96. The largest absolute Gasteiger partial charge is 0.493 e. The van der Waals surface area contributed by atoms with Crippen molar-refractivity contribution in [1.29, 1.82) is 0 Å². The lowest BCUT2D eigenvalue weighted by Crippen LogP contribution is -2.66. The van der Waals surface area contributed by atoms with Gasteiger partial charge in [0.2, 0.25) is 0 Å². The number of benzene rings is 2. The molecule has 0 radical (unpaired) electrons. The Bertz CT molecular complexity index is 1020.